The standard InChI is InChI=1S/C14H12N2O2/c17-9-14(10-5-1-4-8-13(10)18)15-11-6-2-3-7-12(11)16-14/h1-8,17-18H,9H2. The molecule has 90 valence electrons. The van der Waals surface area contributed by atoms with Gasteiger partial charge in [-0.05, 0) is 18.2 Å². The van der Waals surface area contributed by atoms with Crippen molar-refractivity contribution in [1.29, 1.82) is 0 Å². The van der Waals surface area contributed by atoms with Crippen molar-refractivity contribution in [3.05, 3.63) is 64.8 Å². The van der Waals surface area contributed by atoms with E-state index in [1.807, 2.05) is 24.3 Å². The van der Waals surface area contributed by atoms with E-state index in [1.165, 1.54) is 0 Å². The molecule has 2 aromatic carbocycles. The summed E-state index contributed by atoms with van der Waals surface area (Å²) in [5, 5.41) is 21.0. The van der Waals surface area contributed by atoms with Crippen molar-refractivity contribution < 1.29 is 10.2 Å². The van der Waals surface area contributed by atoms with Gasteiger partial charge in [0.05, 0.1) is 17.3 Å². The highest BCUT2D eigenvalue weighted by molar-refractivity contribution is 5.39. The Labute approximate surface area is 104 Å². The maximum absolute atomic E-state index is 9.92. The third kappa shape index (κ3) is 1.50. The van der Waals surface area contributed by atoms with Gasteiger partial charge in [-0.3, -0.25) is 0 Å². The molecule has 0 saturated heterocycles. The third-order valence-corrected chi connectivity index (χ3v) is 3.05. The second kappa shape index (κ2) is 3.92. The molecule has 4 nitrogen and oxygen atoms in total. The molecule has 0 aromatic heterocycles. The van der Waals surface area contributed by atoms with E-state index in [0.717, 1.165) is 10.7 Å². The first-order valence-electron chi connectivity index (χ1n) is 5.69. The topological polar surface area (TPSA) is 65.2 Å². The zero-order valence-electron chi connectivity index (χ0n) is 9.61. The Bertz CT molecular complexity index is 675. The van der Waals surface area contributed by atoms with Crippen molar-refractivity contribution >= 4 is 0 Å². The van der Waals surface area contributed by atoms with Crippen LogP contribution >= 0.6 is 0 Å². The van der Waals surface area contributed by atoms with Crippen LogP contribution in [0, 0.1) is 0 Å². The smallest absolute Gasteiger partial charge is 0.203 e. The Kier molecular flexibility index (Phi) is 2.38. The number of hydrogen-bond donors (Lipinski definition) is 2. The molecule has 4 heteroatoms. The van der Waals surface area contributed by atoms with Crippen LogP contribution < -0.4 is 10.7 Å². The maximum atomic E-state index is 9.92. The summed E-state index contributed by atoms with van der Waals surface area (Å²) >= 11 is 0. The predicted molar refractivity (Wildman–Crippen MR) is 65.6 cm³/mol. The van der Waals surface area contributed by atoms with Gasteiger partial charge in [-0.2, -0.15) is 0 Å². The molecule has 2 aromatic rings. The molecule has 3 rings (SSSR count). The molecule has 0 aliphatic carbocycles. The Balaban J connectivity index is 2.27. The fourth-order valence-corrected chi connectivity index (χ4v) is 2.17. The van der Waals surface area contributed by atoms with Crippen LogP contribution in [0.25, 0.3) is 0 Å². The van der Waals surface area contributed by atoms with Gasteiger partial charge in [-0.25, -0.2) is 9.98 Å². The van der Waals surface area contributed by atoms with E-state index in [2.05, 4.69) is 9.98 Å². The summed E-state index contributed by atoms with van der Waals surface area (Å²) in [7, 11) is 0. The van der Waals surface area contributed by atoms with Crippen LogP contribution in [0.4, 0.5) is 0 Å². The summed E-state index contributed by atoms with van der Waals surface area (Å²) in [6.07, 6.45) is 0. The van der Waals surface area contributed by atoms with Crippen molar-refractivity contribution in [1.82, 2.24) is 0 Å². The number of hydrogen-bond acceptors (Lipinski definition) is 4. The first-order chi connectivity index (χ1) is 8.75. The number of nitrogens with zero attached hydrogens (tertiary/aromatic N) is 2. The van der Waals surface area contributed by atoms with Crippen LogP contribution in [0.15, 0.2) is 58.5 Å². The first kappa shape index (κ1) is 10.9. The number of phenols is 1. The molecule has 18 heavy (non-hydrogen) atoms. The number of para-hydroxylation sites is 3. The molecule has 0 radical (unpaired) electrons. The summed E-state index contributed by atoms with van der Waals surface area (Å²) in [4.78, 5) is 8.91. The minimum absolute atomic E-state index is 0.0897. The summed E-state index contributed by atoms with van der Waals surface area (Å²) in [5.74, 6) is 0.0897. The molecule has 0 amide bonds. The Morgan fingerprint density at radius 2 is 1.44 bits per heavy atom. The minimum atomic E-state index is -1.12. The molecule has 0 spiro atoms. The van der Waals surface area contributed by atoms with Crippen molar-refractivity contribution in [2.24, 2.45) is 9.98 Å². The number of benzene rings is 2. The molecule has 2 N–H and O–H groups in total. The first-order valence-corrected chi connectivity index (χ1v) is 5.69. The largest absolute Gasteiger partial charge is 0.508 e. The van der Waals surface area contributed by atoms with Crippen LogP contribution in [0.1, 0.15) is 5.56 Å². The molecular weight excluding hydrogens is 228 g/mol. The Hall–Kier alpha value is -2.20. The number of fused-ring (bicyclic) bond motifs is 1. The van der Waals surface area contributed by atoms with E-state index >= 15 is 0 Å². The molecule has 0 atom stereocenters. The molecule has 0 bridgehead atoms. The lowest BCUT2D eigenvalue weighted by Gasteiger charge is -2.21. The van der Waals surface area contributed by atoms with Gasteiger partial charge in [-0.1, -0.05) is 30.3 Å². The van der Waals surface area contributed by atoms with Crippen molar-refractivity contribution in [2.75, 3.05) is 6.61 Å². The van der Waals surface area contributed by atoms with Crippen molar-refractivity contribution in [3.8, 4) is 5.75 Å². The van der Waals surface area contributed by atoms with Gasteiger partial charge in [0.15, 0.2) is 0 Å². The molecule has 1 heterocycles. The number of aromatic hydroxyl groups is 1. The zero-order valence-corrected chi connectivity index (χ0v) is 9.61. The number of rotatable bonds is 2. The van der Waals surface area contributed by atoms with E-state index in [-0.39, 0.29) is 12.4 Å². The average molecular weight is 240 g/mol. The Morgan fingerprint density at radius 3 is 2.00 bits per heavy atom. The lowest BCUT2D eigenvalue weighted by atomic mass is 10.0. The molecule has 0 fully saturated rings. The zero-order chi connectivity index (χ0) is 12.6. The average Bonchev–Trinajstić information content (AvgIpc) is 2.79. The fraction of sp³-hybridized carbons (Fsp3) is 0.143. The van der Waals surface area contributed by atoms with E-state index in [0.29, 0.717) is 5.56 Å². The van der Waals surface area contributed by atoms with Crippen LogP contribution in [0.5, 0.6) is 5.75 Å². The van der Waals surface area contributed by atoms with E-state index in [4.69, 9.17) is 0 Å². The maximum Gasteiger partial charge on any atom is 0.203 e. The lowest BCUT2D eigenvalue weighted by Crippen LogP contribution is -2.25. The second-order valence-electron chi connectivity index (χ2n) is 4.20. The van der Waals surface area contributed by atoms with Gasteiger partial charge >= 0.3 is 0 Å². The molecule has 1 aliphatic heterocycles. The third-order valence-electron chi connectivity index (χ3n) is 3.05. The second-order valence-corrected chi connectivity index (χ2v) is 4.20. The minimum Gasteiger partial charge on any atom is -0.508 e. The van der Waals surface area contributed by atoms with Crippen LogP contribution in [-0.4, -0.2) is 16.8 Å². The highest BCUT2D eigenvalue weighted by Crippen LogP contribution is 2.33. The molecule has 0 unspecified atom stereocenters. The summed E-state index contributed by atoms with van der Waals surface area (Å²) in [6, 6.07) is 14.2. The highest BCUT2D eigenvalue weighted by atomic mass is 16.3. The lowest BCUT2D eigenvalue weighted by molar-refractivity contribution is 0.200. The Morgan fingerprint density at radius 1 is 0.889 bits per heavy atom. The summed E-state index contributed by atoms with van der Waals surface area (Å²) < 4.78 is 0. The SMILES string of the molecule is OCC1(c2ccccc2O)N=c2ccccc2=N1. The van der Waals surface area contributed by atoms with Gasteiger partial charge in [-0.15, -0.1) is 0 Å². The summed E-state index contributed by atoms with van der Waals surface area (Å²) in [5.41, 5.74) is -0.599. The highest BCUT2D eigenvalue weighted by Gasteiger charge is 2.34. The number of aliphatic hydroxyl groups is 1. The number of aliphatic hydroxyl groups excluding tert-OH is 1. The predicted octanol–water partition coefficient (Wildman–Crippen LogP) is 0.490. The van der Waals surface area contributed by atoms with Gasteiger partial charge in [0.1, 0.15) is 5.75 Å². The van der Waals surface area contributed by atoms with Crippen molar-refractivity contribution in [2.45, 2.75) is 5.66 Å². The van der Waals surface area contributed by atoms with Crippen LogP contribution in [0.2, 0.25) is 0 Å². The van der Waals surface area contributed by atoms with E-state index in [1.54, 1.807) is 24.3 Å². The normalized spacial score (nSPS) is 15.6. The van der Waals surface area contributed by atoms with Crippen LogP contribution in [0.3, 0.4) is 0 Å². The van der Waals surface area contributed by atoms with Crippen molar-refractivity contribution in [3.63, 3.8) is 0 Å². The van der Waals surface area contributed by atoms with E-state index < -0.39 is 5.66 Å². The molecule has 0 saturated carbocycles. The van der Waals surface area contributed by atoms with Gasteiger partial charge in [0, 0.05) is 5.56 Å². The number of phenolic OH excluding ortho intramolecular Hbond substituents is 1. The van der Waals surface area contributed by atoms with Gasteiger partial charge in [0.2, 0.25) is 5.66 Å². The molecular formula is C14H12N2O2. The quantitative estimate of drug-likeness (QED) is 0.802. The molecule has 1 aliphatic rings. The fourth-order valence-electron chi connectivity index (χ4n) is 2.17. The van der Waals surface area contributed by atoms with Gasteiger partial charge in [0.25, 0.3) is 0 Å². The van der Waals surface area contributed by atoms with Crippen LogP contribution in [-0.2, 0) is 5.66 Å². The van der Waals surface area contributed by atoms with Gasteiger partial charge < -0.3 is 10.2 Å². The monoisotopic (exact) mass is 240 g/mol. The van der Waals surface area contributed by atoms with E-state index in [9.17, 15) is 10.2 Å². The summed E-state index contributed by atoms with van der Waals surface area (Å²) in [6.45, 7) is -0.279.